The van der Waals surface area contributed by atoms with Crippen molar-refractivity contribution in [3.05, 3.63) is 69.8 Å². The van der Waals surface area contributed by atoms with Crippen LogP contribution in [0.25, 0.3) is 0 Å². The van der Waals surface area contributed by atoms with E-state index in [-0.39, 0.29) is 6.61 Å². The molecule has 6 nitrogen and oxygen atoms in total. The van der Waals surface area contributed by atoms with E-state index in [0.29, 0.717) is 12.0 Å². The van der Waals surface area contributed by atoms with Gasteiger partial charge in [-0.05, 0) is 71.2 Å². The molecule has 1 aliphatic carbocycles. The maximum Gasteiger partial charge on any atom is 0.126 e. The van der Waals surface area contributed by atoms with E-state index in [1.807, 2.05) is 18.2 Å². The summed E-state index contributed by atoms with van der Waals surface area (Å²) in [6.07, 6.45) is -0.00856. The lowest BCUT2D eigenvalue weighted by Crippen LogP contribution is -2.46. The van der Waals surface area contributed by atoms with Gasteiger partial charge in [-0.15, -0.1) is 0 Å². The Kier molecular flexibility index (Phi) is 6.58. The summed E-state index contributed by atoms with van der Waals surface area (Å²) in [6, 6.07) is 7.91. The smallest absolute Gasteiger partial charge is 0.126 e. The van der Waals surface area contributed by atoms with Crippen LogP contribution >= 0.6 is 0 Å². The molecular weight excluding hydrogens is 408 g/mol. The van der Waals surface area contributed by atoms with E-state index in [9.17, 15) is 15.3 Å². The van der Waals surface area contributed by atoms with Gasteiger partial charge in [-0.2, -0.15) is 0 Å². The Labute approximate surface area is 189 Å². The molecule has 2 aromatic carbocycles. The molecule has 172 valence electrons. The third-order valence-electron chi connectivity index (χ3n) is 6.91. The van der Waals surface area contributed by atoms with E-state index >= 15 is 0 Å². The SMILES string of the molecule is C=C1[C@@H](CO)O[C@@H](c2cc(Cc3ccc(OC)cc3OC)c3c(c2C)CCC3)C(O)[C@H]1O. The van der Waals surface area contributed by atoms with E-state index < -0.39 is 24.4 Å². The molecule has 1 saturated heterocycles. The zero-order valence-electron chi connectivity index (χ0n) is 18.9. The van der Waals surface area contributed by atoms with Gasteiger partial charge in [-0.3, -0.25) is 0 Å². The fraction of sp³-hybridized carbons (Fsp3) is 0.462. The highest BCUT2D eigenvalue weighted by Crippen LogP contribution is 2.41. The minimum Gasteiger partial charge on any atom is -0.497 e. The largest absolute Gasteiger partial charge is 0.497 e. The van der Waals surface area contributed by atoms with Crippen LogP contribution in [0.15, 0.2) is 36.4 Å². The minimum atomic E-state index is -1.15. The van der Waals surface area contributed by atoms with Crippen LogP contribution in [0, 0.1) is 6.92 Å². The molecule has 0 aromatic heterocycles. The average molecular weight is 441 g/mol. The van der Waals surface area contributed by atoms with Crippen molar-refractivity contribution < 1.29 is 29.5 Å². The van der Waals surface area contributed by atoms with Gasteiger partial charge in [0, 0.05) is 12.5 Å². The first kappa shape index (κ1) is 22.8. The van der Waals surface area contributed by atoms with Crippen LogP contribution in [0.1, 0.15) is 45.9 Å². The van der Waals surface area contributed by atoms with E-state index in [1.165, 1.54) is 11.1 Å². The lowest BCUT2D eigenvalue weighted by Gasteiger charge is -2.39. The Morgan fingerprint density at radius 1 is 1.06 bits per heavy atom. The summed E-state index contributed by atoms with van der Waals surface area (Å²) in [7, 11) is 3.28. The Balaban J connectivity index is 1.77. The molecule has 2 aliphatic rings. The minimum absolute atomic E-state index is 0.293. The third-order valence-corrected chi connectivity index (χ3v) is 6.91. The molecule has 1 unspecified atom stereocenters. The second-order valence-electron chi connectivity index (χ2n) is 8.65. The molecule has 0 radical (unpaired) electrons. The summed E-state index contributed by atoms with van der Waals surface area (Å²) in [5.74, 6) is 1.50. The highest BCUT2D eigenvalue weighted by molar-refractivity contribution is 5.52. The van der Waals surface area contributed by atoms with Crippen molar-refractivity contribution in [1.29, 1.82) is 0 Å². The van der Waals surface area contributed by atoms with Gasteiger partial charge >= 0.3 is 0 Å². The van der Waals surface area contributed by atoms with E-state index in [2.05, 4.69) is 19.6 Å². The van der Waals surface area contributed by atoms with E-state index in [0.717, 1.165) is 53.0 Å². The normalized spacial score (nSPS) is 25.0. The van der Waals surface area contributed by atoms with Gasteiger partial charge in [0.25, 0.3) is 0 Å². The zero-order chi connectivity index (χ0) is 23.0. The highest BCUT2D eigenvalue weighted by Gasteiger charge is 2.41. The van der Waals surface area contributed by atoms with Gasteiger partial charge in [0.15, 0.2) is 0 Å². The standard InChI is InChI=1S/C26H32O6/c1-14-19-6-5-7-20(19)17(10-16-8-9-18(30-3)12-22(16)31-4)11-21(14)26-25(29)24(28)15(2)23(13-27)32-26/h8-9,11-12,23-29H,2,5-7,10,13H2,1,3-4H3/t23-,24+,25?,26+/m1/s1. The van der Waals surface area contributed by atoms with Gasteiger partial charge in [0.05, 0.1) is 20.8 Å². The summed E-state index contributed by atoms with van der Waals surface area (Å²) in [5.41, 5.74) is 7.09. The number of ether oxygens (including phenoxy) is 3. The molecule has 0 bridgehead atoms. The number of methoxy groups -OCH3 is 2. The van der Waals surface area contributed by atoms with Gasteiger partial charge in [-0.1, -0.05) is 18.7 Å². The Morgan fingerprint density at radius 2 is 1.81 bits per heavy atom. The summed E-state index contributed by atoms with van der Waals surface area (Å²) < 4.78 is 17.0. The van der Waals surface area contributed by atoms with Gasteiger partial charge in [-0.25, -0.2) is 0 Å². The van der Waals surface area contributed by atoms with Crippen LogP contribution in [0.2, 0.25) is 0 Å². The molecule has 6 heteroatoms. The second-order valence-corrected chi connectivity index (χ2v) is 8.65. The quantitative estimate of drug-likeness (QED) is 0.599. The predicted molar refractivity (Wildman–Crippen MR) is 121 cm³/mol. The maximum absolute atomic E-state index is 10.8. The Morgan fingerprint density at radius 3 is 2.50 bits per heavy atom. The third kappa shape index (κ3) is 3.92. The number of benzene rings is 2. The van der Waals surface area contributed by atoms with E-state index in [4.69, 9.17) is 14.2 Å². The van der Waals surface area contributed by atoms with Crippen LogP contribution in [0.4, 0.5) is 0 Å². The average Bonchev–Trinajstić information content (AvgIpc) is 3.31. The van der Waals surface area contributed by atoms with Crippen molar-refractivity contribution in [2.75, 3.05) is 20.8 Å². The fourth-order valence-corrected chi connectivity index (χ4v) is 5.06. The second kappa shape index (κ2) is 9.24. The Bertz CT molecular complexity index is 1010. The van der Waals surface area contributed by atoms with Crippen LogP contribution < -0.4 is 9.47 Å². The molecule has 0 spiro atoms. The summed E-state index contributed by atoms with van der Waals surface area (Å²) in [4.78, 5) is 0. The number of aliphatic hydroxyl groups excluding tert-OH is 3. The number of hydrogen-bond acceptors (Lipinski definition) is 6. The van der Waals surface area contributed by atoms with Crippen molar-refractivity contribution in [3.8, 4) is 11.5 Å². The summed E-state index contributed by atoms with van der Waals surface area (Å²) in [6.45, 7) is 5.55. The lowest BCUT2D eigenvalue weighted by atomic mass is 9.84. The molecule has 4 atom stereocenters. The lowest BCUT2D eigenvalue weighted by molar-refractivity contribution is -0.147. The Hall–Kier alpha value is -2.38. The van der Waals surface area contributed by atoms with Crippen molar-refractivity contribution in [3.63, 3.8) is 0 Å². The van der Waals surface area contributed by atoms with Crippen LogP contribution in [-0.2, 0) is 24.0 Å². The monoisotopic (exact) mass is 440 g/mol. The zero-order valence-corrected chi connectivity index (χ0v) is 18.9. The van der Waals surface area contributed by atoms with Crippen molar-refractivity contribution in [2.24, 2.45) is 0 Å². The van der Waals surface area contributed by atoms with Crippen LogP contribution in [-0.4, -0.2) is 54.5 Å². The number of rotatable bonds is 6. The van der Waals surface area contributed by atoms with Crippen LogP contribution in [0.3, 0.4) is 0 Å². The molecule has 3 N–H and O–H groups in total. The summed E-state index contributed by atoms with van der Waals surface area (Å²) >= 11 is 0. The van der Waals surface area contributed by atoms with Gasteiger partial charge < -0.3 is 29.5 Å². The number of fused-ring (bicyclic) bond motifs is 1. The van der Waals surface area contributed by atoms with Crippen molar-refractivity contribution in [1.82, 2.24) is 0 Å². The topological polar surface area (TPSA) is 88.4 Å². The highest BCUT2D eigenvalue weighted by atomic mass is 16.5. The first-order chi connectivity index (χ1) is 15.4. The summed E-state index contributed by atoms with van der Waals surface area (Å²) in [5, 5.41) is 31.0. The van der Waals surface area contributed by atoms with E-state index in [1.54, 1.807) is 14.2 Å². The van der Waals surface area contributed by atoms with Crippen molar-refractivity contribution >= 4 is 0 Å². The maximum atomic E-state index is 10.8. The molecule has 32 heavy (non-hydrogen) atoms. The molecule has 0 saturated carbocycles. The molecule has 1 fully saturated rings. The van der Waals surface area contributed by atoms with Crippen LogP contribution in [0.5, 0.6) is 11.5 Å². The number of aliphatic hydroxyl groups is 3. The fourth-order valence-electron chi connectivity index (χ4n) is 5.06. The first-order valence-electron chi connectivity index (χ1n) is 11.1. The molecule has 0 amide bonds. The predicted octanol–water partition coefficient (Wildman–Crippen LogP) is 2.80. The molecule has 4 rings (SSSR count). The molecular formula is C26H32O6. The molecule has 1 heterocycles. The van der Waals surface area contributed by atoms with Gasteiger partial charge in [0.1, 0.15) is 35.9 Å². The molecule has 2 aromatic rings. The number of hydrogen-bond donors (Lipinski definition) is 3. The van der Waals surface area contributed by atoms with Crippen molar-refractivity contribution in [2.45, 2.75) is 57.0 Å². The first-order valence-corrected chi connectivity index (χ1v) is 11.1. The molecule has 1 aliphatic heterocycles. The van der Waals surface area contributed by atoms with Gasteiger partial charge in [0.2, 0.25) is 0 Å².